The minimum Gasteiger partial charge on any atom is -0.481 e. The van der Waals surface area contributed by atoms with E-state index in [1.165, 1.54) is 0 Å². The normalized spacial score (nSPS) is 25.8. The van der Waals surface area contributed by atoms with Crippen LogP contribution < -0.4 is 0 Å². The molecule has 3 atom stereocenters. The van der Waals surface area contributed by atoms with Gasteiger partial charge in [-0.2, -0.15) is 0 Å². The molecule has 0 aromatic rings. The van der Waals surface area contributed by atoms with E-state index in [4.69, 9.17) is 0 Å². The number of hydrogen-bond acceptors (Lipinski definition) is 2. The zero-order valence-electron chi connectivity index (χ0n) is 11.5. The van der Waals surface area contributed by atoms with Gasteiger partial charge in [0.15, 0.2) is 0 Å². The highest BCUT2D eigenvalue weighted by Gasteiger charge is 2.43. The number of rotatable bonds is 7. The first-order valence-electron chi connectivity index (χ1n) is 6.78. The lowest BCUT2D eigenvalue weighted by molar-refractivity contribution is -0.148. The Morgan fingerprint density at radius 3 is 2.16 bits per heavy atom. The summed E-state index contributed by atoms with van der Waals surface area (Å²) in [6, 6.07) is 0. The molecule has 4 nitrogen and oxygen atoms in total. The van der Waals surface area contributed by atoms with Crippen LogP contribution >= 0.6 is 0 Å². The number of hydrogen-bond donors (Lipinski definition) is 1. The van der Waals surface area contributed by atoms with Gasteiger partial charge in [0.2, 0.25) is 5.91 Å². The van der Waals surface area contributed by atoms with E-state index in [9.17, 15) is 14.7 Å². The number of carbonyl (C=O) groups excluding carboxylic acids is 1. The molecule has 0 aromatic heterocycles. The van der Waals surface area contributed by atoms with Crippen LogP contribution in [0.4, 0.5) is 0 Å². The molecule has 106 valence electrons. The molecular formula is C15H23NO3. The molecule has 0 spiro atoms. The predicted molar refractivity (Wildman–Crippen MR) is 74.6 cm³/mol. The smallest absolute Gasteiger partial charge is 0.307 e. The Kier molecular flexibility index (Phi) is 5.80. The molecular weight excluding hydrogens is 242 g/mol. The second kappa shape index (κ2) is 7.12. The van der Waals surface area contributed by atoms with E-state index in [1.807, 2.05) is 6.92 Å². The van der Waals surface area contributed by atoms with Crippen molar-refractivity contribution >= 4 is 11.9 Å². The predicted octanol–water partition coefficient (Wildman–Crippen LogP) is 2.32. The van der Waals surface area contributed by atoms with Gasteiger partial charge in [0.1, 0.15) is 0 Å². The van der Waals surface area contributed by atoms with Gasteiger partial charge >= 0.3 is 5.97 Å². The van der Waals surface area contributed by atoms with Crippen LogP contribution in [-0.4, -0.2) is 35.0 Å². The van der Waals surface area contributed by atoms with Crippen molar-refractivity contribution in [3.63, 3.8) is 0 Å². The summed E-state index contributed by atoms with van der Waals surface area (Å²) in [6.45, 7) is 10.2. The second-order valence-electron chi connectivity index (χ2n) is 5.12. The fourth-order valence-electron chi connectivity index (χ4n) is 2.82. The lowest BCUT2D eigenvalue weighted by Crippen LogP contribution is -2.39. The number of amides is 1. The number of carboxylic acids is 1. The molecule has 0 radical (unpaired) electrons. The standard InChI is InChI=1S/C15H23NO3/c1-4-7-16(8-5-2)14(17)12-9-11(6-3)10-13(12)15(18)19/h4-5,11-13H,1-2,6-10H2,3H3,(H,18,19). The van der Waals surface area contributed by atoms with Gasteiger partial charge in [0, 0.05) is 13.1 Å². The average molecular weight is 265 g/mol. The van der Waals surface area contributed by atoms with Gasteiger partial charge in [0.25, 0.3) is 0 Å². The third kappa shape index (κ3) is 3.69. The van der Waals surface area contributed by atoms with E-state index in [0.717, 1.165) is 6.42 Å². The van der Waals surface area contributed by atoms with Crippen molar-refractivity contribution in [2.24, 2.45) is 17.8 Å². The zero-order valence-corrected chi connectivity index (χ0v) is 11.5. The summed E-state index contributed by atoms with van der Waals surface area (Å²) >= 11 is 0. The molecule has 1 N–H and O–H groups in total. The molecule has 4 heteroatoms. The fraction of sp³-hybridized carbons (Fsp3) is 0.600. The van der Waals surface area contributed by atoms with E-state index in [-0.39, 0.29) is 5.91 Å². The summed E-state index contributed by atoms with van der Waals surface area (Å²) in [6.07, 6.45) is 5.53. The van der Waals surface area contributed by atoms with Crippen molar-refractivity contribution < 1.29 is 14.7 Å². The molecule has 0 saturated heterocycles. The summed E-state index contributed by atoms with van der Waals surface area (Å²) < 4.78 is 0. The molecule has 1 amide bonds. The van der Waals surface area contributed by atoms with Crippen LogP contribution in [0.3, 0.4) is 0 Å². The van der Waals surface area contributed by atoms with Gasteiger partial charge in [0.05, 0.1) is 11.8 Å². The van der Waals surface area contributed by atoms with Gasteiger partial charge in [-0.1, -0.05) is 25.5 Å². The minimum atomic E-state index is -0.855. The van der Waals surface area contributed by atoms with Crippen LogP contribution in [0.15, 0.2) is 25.3 Å². The molecule has 1 fully saturated rings. The number of carboxylic acid groups (broad SMARTS) is 1. The molecule has 1 aliphatic rings. The Morgan fingerprint density at radius 2 is 1.74 bits per heavy atom. The van der Waals surface area contributed by atoms with Gasteiger partial charge in [-0.3, -0.25) is 9.59 Å². The molecule has 0 heterocycles. The largest absolute Gasteiger partial charge is 0.481 e. The first-order chi connectivity index (χ1) is 9.04. The van der Waals surface area contributed by atoms with Gasteiger partial charge < -0.3 is 10.0 Å². The van der Waals surface area contributed by atoms with Gasteiger partial charge in [-0.05, 0) is 18.8 Å². The van der Waals surface area contributed by atoms with Crippen LogP contribution in [0.25, 0.3) is 0 Å². The number of aliphatic carboxylic acids is 1. The molecule has 0 aliphatic heterocycles. The Balaban J connectivity index is 2.84. The van der Waals surface area contributed by atoms with Crippen molar-refractivity contribution in [1.29, 1.82) is 0 Å². The summed E-state index contributed by atoms with van der Waals surface area (Å²) in [7, 11) is 0. The quantitative estimate of drug-likeness (QED) is 0.719. The average Bonchev–Trinajstić information content (AvgIpc) is 2.82. The molecule has 1 aliphatic carbocycles. The van der Waals surface area contributed by atoms with E-state index in [0.29, 0.717) is 31.8 Å². The zero-order chi connectivity index (χ0) is 14.4. The van der Waals surface area contributed by atoms with E-state index in [1.54, 1.807) is 17.1 Å². The molecule has 0 bridgehead atoms. The SMILES string of the molecule is C=CCN(CC=C)C(=O)C1CC(CC)CC1C(=O)O. The van der Waals surface area contributed by atoms with Crippen LogP contribution in [0.5, 0.6) is 0 Å². The van der Waals surface area contributed by atoms with E-state index < -0.39 is 17.8 Å². The van der Waals surface area contributed by atoms with Gasteiger partial charge in [-0.25, -0.2) is 0 Å². The van der Waals surface area contributed by atoms with Crippen molar-refractivity contribution in [3.05, 3.63) is 25.3 Å². The van der Waals surface area contributed by atoms with E-state index >= 15 is 0 Å². The second-order valence-corrected chi connectivity index (χ2v) is 5.12. The molecule has 19 heavy (non-hydrogen) atoms. The lowest BCUT2D eigenvalue weighted by atomic mass is 9.94. The maximum Gasteiger partial charge on any atom is 0.307 e. The Labute approximate surface area is 114 Å². The molecule has 1 rings (SSSR count). The molecule has 1 saturated carbocycles. The molecule has 0 aromatic carbocycles. The monoisotopic (exact) mass is 265 g/mol. The Morgan fingerprint density at radius 1 is 1.21 bits per heavy atom. The maximum atomic E-state index is 12.5. The van der Waals surface area contributed by atoms with Crippen molar-refractivity contribution in [3.8, 4) is 0 Å². The summed E-state index contributed by atoms with van der Waals surface area (Å²) in [5.74, 6) is -1.55. The third-order valence-electron chi connectivity index (χ3n) is 3.88. The van der Waals surface area contributed by atoms with Crippen molar-refractivity contribution in [2.75, 3.05) is 13.1 Å². The van der Waals surface area contributed by atoms with Gasteiger partial charge in [-0.15, -0.1) is 13.2 Å². The highest BCUT2D eigenvalue weighted by molar-refractivity contribution is 5.85. The number of nitrogens with zero attached hydrogens (tertiary/aromatic N) is 1. The summed E-state index contributed by atoms with van der Waals surface area (Å²) in [5, 5.41) is 9.28. The Hall–Kier alpha value is -1.58. The van der Waals surface area contributed by atoms with Crippen LogP contribution in [-0.2, 0) is 9.59 Å². The third-order valence-corrected chi connectivity index (χ3v) is 3.88. The molecule has 3 unspecified atom stereocenters. The fourth-order valence-corrected chi connectivity index (χ4v) is 2.82. The number of carbonyl (C=O) groups is 2. The topological polar surface area (TPSA) is 57.6 Å². The Bertz CT molecular complexity index is 354. The summed E-state index contributed by atoms with van der Waals surface area (Å²) in [4.78, 5) is 25.4. The first kappa shape index (κ1) is 15.5. The highest BCUT2D eigenvalue weighted by Crippen LogP contribution is 2.39. The van der Waals surface area contributed by atoms with Crippen molar-refractivity contribution in [1.82, 2.24) is 4.90 Å². The maximum absolute atomic E-state index is 12.5. The summed E-state index contributed by atoms with van der Waals surface area (Å²) in [5.41, 5.74) is 0. The van der Waals surface area contributed by atoms with Crippen LogP contribution in [0.2, 0.25) is 0 Å². The van der Waals surface area contributed by atoms with Crippen molar-refractivity contribution in [2.45, 2.75) is 26.2 Å². The first-order valence-corrected chi connectivity index (χ1v) is 6.78. The highest BCUT2D eigenvalue weighted by atomic mass is 16.4. The lowest BCUT2D eigenvalue weighted by Gasteiger charge is -2.25. The van der Waals surface area contributed by atoms with E-state index in [2.05, 4.69) is 13.2 Å². The van der Waals surface area contributed by atoms with Crippen LogP contribution in [0, 0.1) is 17.8 Å². The minimum absolute atomic E-state index is 0.0804. The van der Waals surface area contributed by atoms with Crippen LogP contribution in [0.1, 0.15) is 26.2 Å².